The van der Waals surface area contributed by atoms with Gasteiger partial charge in [-0.15, -0.1) is 0 Å². The SMILES string of the molecule is Cn1cc(C(=O)C2CC3CCC2C3)cc1C(=O)C(Cl)(Cl)Cl. The molecule has 3 atom stereocenters. The highest BCUT2D eigenvalue weighted by Crippen LogP contribution is 2.49. The largest absolute Gasteiger partial charge is 0.347 e. The summed E-state index contributed by atoms with van der Waals surface area (Å²) in [6.07, 6.45) is 6.21. The van der Waals surface area contributed by atoms with Crippen LogP contribution in [0.4, 0.5) is 0 Å². The Labute approximate surface area is 138 Å². The number of aryl methyl sites for hydroxylation is 1. The Morgan fingerprint density at radius 2 is 1.95 bits per heavy atom. The molecule has 3 rings (SSSR count). The van der Waals surface area contributed by atoms with Crippen LogP contribution in [0.5, 0.6) is 0 Å². The first-order chi connectivity index (χ1) is 9.77. The Kier molecular flexibility index (Phi) is 3.88. The Morgan fingerprint density at radius 3 is 2.48 bits per heavy atom. The fourth-order valence-electron chi connectivity index (χ4n) is 3.85. The van der Waals surface area contributed by atoms with Crippen molar-refractivity contribution in [2.45, 2.75) is 29.5 Å². The van der Waals surface area contributed by atoms with Gasteiger partial charge in [-0.25, -0.2) is 0 Å². The van der Waals surface area contributed by atoms with Gasteiger partial charge in [0.1, 0.15) is 0 Å². The van der Waals surface area contributed by atoms with Gasteiger partial charge in [-0.3, -0.25) is 9.59 Å². The smallest absolute Gasteiger partial charge is 0.255 e. The van der Waals surface area contributed by atoms with Crippen molar-refractivity contribution in [1.82, 2.24) is 4.57 Å². The van der Waals surface area contributed by atoms with Crippen molar-refractivity contribution in [3.63, 3.8) is 0 Å². The number of Topliss-reactive ketones (excluding diaryl/α,β-unsaturated/α-hetero) is 2. The van der Waals surface area contributed by atoms with Gasteiger partial charge < -0.3 is 4.57 Å². The highest BCUT2D eigenvalue weighted by molar-refractivity contribution is 6.77. The summed E-state index contributed by atoms with van der Waals surface area (Å²) in [5.41, 5.74) is 0.800. The van der Waals surface area contributed by atoms with E-state index in [0.29, 0.717) is 17.4 Å². The quantitative estimate of drug-likeness (QED) is 0.606. The lowest BCUT2D eigenvalue weighted by molar-refractivity contribution is 0.0874. The zero-order valence-corrected chi connectivity index (χ0v) is 13.9. The predicted molar refractivity (Wildman–Crippen MR) is 83.3 cm³/mol. The molecule has 0 saturated heterocycles. The van der Waals surface area contributed by atoms with E-state index in [1.807, 2.05) is 0 Å². The van der Waals surface area contributed by atoms with E-state index >= 15 is 0 Å². The van der Waals surface area contributed by atoms with Crippen LogP contribution in [0.25, 0.3) is 0 Å². The Bertz CT molecular complexity index is 603. The topological polar surface area (TPSA) is 39.1 Å². The summed E-state index contributed by atoms with van der Waals surface area (Å²) in [6, 6.07) is 1.55. The van der Waals surface area contributed by atoms with Gasteiger partial charge in [-0.05, 0) is 37.2 Å². The second-order valence-corrected chi connectivity index (χ2v) is 8.48. The normalized spacial score (nSPS) is 28.1. The van der Waals surface area contributed by atoms with Gasteiger partial charge in [0.2, 0.25) is 5.78 Å². The van der Waals surface area contributed by atoms with Gasteiger partial charge in [-0.1, -0.05) is 41.2 Å². The number of alkyl halides is 3. The molecule has 0 N–H and O–H groups in total. The monoisotopic (exact) mass is 347 g/mol. The summed E-state index contributed by atoms with van der Waals surface area (Å²) in [5, 5.41) is 0. The molecule has 2 saturated carbocycles. The fraction of sp³-hybridized carbons (Fsp3) is 0.600. The molecule has 2 bridgehead atoms. The molecule has 21 heavy (non-hydrogen) atoms. The molecule has 0 aromatic carbocycles. The van der Waals surface area contributed by atoms with E-state index in [9.17, 15) is 9.59 Å². The molecular weight excluding hydrogens is 333 g/mol. The maximum Gasteiger partial charge on any atom is 0.255 e. The predicted octanol–water partition coefficient (Wildman–Crippen LogP) is 4.20. The van der Waals surface area contributed by atoms with Crippen molar-refractivity contribution < 1.29 is 9.59 Å². The summed E-state index contributed by atoms with van der Waals surface area (Å²) < 4.78 is -0.441. The molecule has 1 heterocycles. The molecule has 6 heteroatoms. The number of nitrogens with zero attached hydrogens (tertiary/aromatic N) is 1. The number of carbonyl (C=O) groups is 2. The third kappa shape index (κ3) is 2.76. The zero-order chi connectivity index (χ0) is 15.4. The van der Waals surface area contributed by atoms with Crippen LogP contribution >= 0.6 is 34.8 Å². The maximum atomic E-state index is 12.7. The highest BCUT2D eigenvalue weighted by atomic mass is 35.6. The molecule has 3 nitrogen and oxygen atoms in total. The van der Waals surface area contributed by atoms with E-state index in [0.717, 1.165) is 12.8 Å². The molecule has 114 valence electrons. The van der Waals surface area contributed by atoms with Crippen LogP contribution in [-0.4, -0.2) is 19.9 Å². The second-order valence-electron chi connectivity index (χ2n) is 6.20. The van der Waals surface area contributed by atoms with E-state index in [2.05, 4.69) is 0 Å². The summed E-state index contributed by atoms with van der Waals surface area (Å²) in [5.74, 6) is 0.829. The standard InChI is InChI=1S/C15H16Cl3NO2/c1-19-7-10(6-12(19)14(21)15(16,17)18)13(20)11-5-8-2-3-9(11)4-8/h6-9,11H,2-5H2,1H3. The van der Waals surface area contributed by atoms with Gasteiger partial charge in [0.05, 0.1) is 5.69 Å². The lowest BCUT2D eigenvalue weighted by Gasteiger charge is -2.19. The van der Waals surface area contributed by atoms with Crippen molar-refractivity contribution >= 4 is 46.4 Å². The van der Waals surface area contributed by atoms with Crippen molar-refractivity contribution in [2.75, 3.05) is 0 Å². The summed E-state index contributed by atoms with van der Waals surface area (Å²) in [6.45, 7) is 0. The number of hydrogen-bond acceptors (Lipinski definition) is 2. The minimum atomic E-state index is -2.00. The Hall–Kier alpha value is -0.510. The number of rotatable bonds is 3. The summed E-state index contributed by atoms with van der Waals surface area (Å²) >= 11 is 16.9. The molecule has 0 aliphatic heterocycles. The first kappa shape index (κ1) is 15.4. The third-order valence-corrected chi connectivity index (χ3v) is 5.37. The lowest BCUT2D eigenvalue weighted by Crippen LogP contribution is -2.21. The van der Waals surface area contributed by atoms with Crippen LogP contribution in [0.1, 0.15) is 46.5 Å². The first-order valence-electron chi connectivity index (χ1n) is 7.09. The van der Waals surface area contributed by atoms with E-state index in [4.69, 9.17) is 34.8 Å². The van der Waals surface area contributed by atoms with E-state index < -0.39 is 9.58 Å². The van der Waals surface area contributed by atoms with Crippen molar-refractivity contribution in [3.05, 3.63) is 23.5 Å². The molecule has 0 spiro atoms. The average Bonchev–Trinajstić information content (AvgIpc) is 3.10. The molecule has 2 fully saturated rings. The van der Waals surface area contributed by atoms with Crippen LogP contribution in [-0.2, 0) is 7.05 Å². The fourth-order valence-corrected chi connectivity index (χ4v) is 4.14. The maximum absolute atomic E-state index is 12.7. The van der Waals surface area contributed by atoms with Crippen LogP contribution in [0, 0.1) is 17.8 Å². The minimum Gasteiger partial charge on any atom is -0.347 e. The van der Waals surface area contributed by atoms with E-state index in [-0.39, 0.29) is 17.4 Å². The summed E-state index contributed by atoms with van der Waals surface area (Å²) in [4.78, 5) is 24.7. The molecule has 0 amide bonds. The second kappa shape index (κ2) is 5.29. The highest BCUT2D eigenvalue weighted by Gasteiger charge is 2.43. The van der Waals surface area contributed by atoms with Gasteiger partial charge in [-0.2, -0.15) is 0 Å². The Morgan fingerprint density at radius 1 is 1.24 bits per heavy atom. The van der Waals surface area contributed by atoms with Crippen LogP contribution < -0.4 is 0 Å². The molecule has 1 aromatic heterocycles. The van der Waals surface area contributed by atoms with Crippen molar-refractivity contribution in [1.29, 1.82) is 0 Å². The number of aromatic nitrogens is 1. The minimum absolute atomic E-state index is 0.0989. The number of ketones is 2. The van der Waals surface area contributed by atoms with Crippen LogP contribution in [0.2, 0.25) is 0 Å². The lowest BCUT2D eigenvalue weighted by atomic mass is 9.84. The third-order valence-electron chi connectivity index (χ3n) is 4.85. The van der Waals surface area contributed by atoms with Crippen LogP contribution in [0.3, 0.4) is 0 Å². The van der Waals surface area contributed by atoms with Crippen LogP contribution in [0.15, 0.2) is 12.3 Å². The van der Waals surface area contributed by atoms with Crippen molar-refractivity contribution in [3.8, 4) is 0 Å². The zero-order valence-electron chi connectivity index (χ0n) is 11.6. The molecule has 3 unspecified atom stereocenters. The van der Waals surface area contributed by atoms with Gasteiger partial charge >= 0.3 is 0 Å². The molecule has 0 radical (unpaired) electrons. The molecule has 2 aliphatic carbocycles. The molecule has 1 aromatic rings. The number of halogens is 3. The molecular formula is C15H16Cl3NO2. The molecule has 2 aliphatic rings. The number of fused-ring (bicyclic) bond motifs is 2. The van der Waals surface area contributed by atoms with Gasteiger partial charge in [0.25, 0.3) is 3.79 Å². The summed E-state index contributed by atoms with van der Waals surface area (Å²) in [7, 11) is 1.68. The van der Waals surface area contributed by atoms with Crippen molar-refractivity contribution in [2.24, 2.45) is 24.8 Å². The van der Waals surface area contributed by atoms with Gasteiger partial charge in [0, 0.05) is 24.7 Å². The number of hydrogen-bond donors (Lipinski definition) is 0. The first-order valence-corrected chi connectivity index (χ1v) is 8.23. The van der Waals surface area contributed by atoms with E-state index in [1.54, 1.807) is 23.9 Å². The van der Waals surface area contributed by atoms with Gasteiger partial charge in [0.15, 0.2) is 5.78 Å². The average molecular weight is 349 g/mol. The van der Waals surface area contributed by atoms with E-state index in [1.165, 1.54) is 12.8 Å². The number of carbonyl (C=O) groups excluding carboxylic acids is 2. The Balaban J connectivity index is 1.84.